The normalized spacial score (nSPS) is 21.1. The van der Waals surface area contributed by atoms with Gasteiger partial charge >= 0.3 is 0 Å². The van der Waals surface area contributed by atoms with Crippen LogP contribution in [-0.4, -0.2) is 30.4 Å². The number of nitrogens with zero attached hydrogens (tertiary/aromatic N) is 2. The molecule has 2 heterocycles. The molecular weight excluding hydrogens is 328 g/mol. The maximum absolute atomic E-state index is 12.6. The van der Waals surface area contributed by atoms with E-state index in [0.717, 1.165) is 11.1 Å². The fourth-order valence-corrected chi connectivity index (χ4v) is 4.33. The second-order valence-corrected chi connectivity index (χ2v) is 8.19. The minimum atomic E-state index is -3.49. The molecule has 1 fully saturated rings. The predicted molar refractivity (Wildman–Crippen MR) is 91.3 cm³/mol. The summed E-state index contributed by atoms with van der Waals surface area (Å²) in [6, 6.07) is 5.44. The van der Waals surface area contributed by atoms with Gasteiger partial charge in [0.1, 0.15) is 0 Å². The molecule has 1 aliphatic rings. The van der Waals surface area contributed by atoms with Gasteiger partial charge in [0.25, 0.3) is 0 Å². The van der Waals surface area contributed by atoms with Gasteiger partial charge in [0.15, 0.2) is 0 Å². The van der Waals surface area contributed by atoms with Crippen molar-refractivity contribution in [1.82, 2.24) is 15.5 Å². The van der Waals surface area contributed by atoms with Gasteiger partial charge in [-0.05, 0) is 43.5 Å². The smallest absolute Gasteiger partial charge is 0.236 e. The second-order valence-electron chi connectivity index (χ2n) is 6.23. The van der Waals surface area contributed by atoms with Crippen molar-refractivity contribution in [3.05, 3.63) is 41.1 Å². The van der Waals surface area contributed by atoms with Crippen LogP contribution in [0.5, 0.6) is 0 Å². The molecule has 1 saturated heterocycles. The van der Waals surface area contributed by atoms with Gasteiger partial charge in [-0.25, -0.2) is 8.42 Å². The highest BCUT2D eigenvalue weighted by Gasteiger charge is 2.37. The van der Waals surface area contributed by atoms with E-state index in [0.29, 0.717) is 36.9 Å². The highest BCUT2D eigenvalue weighted by Crippen LogP contribution is 2.27. The molecule has 3 rings (SSSR count). The second kappa shape index (κ2) is 6.52. The monoisotopic (exact) mass is 350 g/mol. The van der Waals surface area contributed by atoms with Gasteiger partial charge in [0.2, 0.25) is 21.8 Å². The van der Waals surface area contributed by atoms with Crippen molar-refractivity contribution >= 4 is 15.7 Å². The number of rotatable bonds is 5. The van der Waals surface area contributed by atoms with Gasteiger partial charge in [-0.2, -0.15) is 0 Å². The Morgan fingerprint density at radius 1 is 1.25 bits per heavy atom. The van der Waals surface area contributed by atoms with Gasteiger partial charge in [0, 0.05) is 18.7 Å². The highest BCUT2D eigenvalue weighted by molar-refractivity contribution is 7.93. The van der Waals surface area contributed by atoms with E-state index in [4.69, 9.17) is 4.42 Å². The largest absolute Gasteiger partial charge is 0.424 e. The van der Waals surface area contributed by atoms with E-state index in [2.05, 4.69) is 20.2 Å². The summed E-state index contributed by atoms with van der Waals surface area (Å²) in [4.78, 5) is 0. The quantitative estimate of drug-likeness (QED) is 0.857. The summed E-state index contributed by atoms with van der Waals surface area (Å²) in [5, 5.41) is 10.5. The van der Waals surface area contributed by atoms with E-state index in [9.17, 15) is 8.42 Å². The fourth-order valence-electron chi connectivity index (χ4n) is 2.96. The maximum atomic E-state index is 12.6. The van der Waals surface area contributed by atoms with E-state index in [1.807, 2.05) is 39.0 Å². The van der Waals surface area contributed by atoms with Gasteiger partial charge in [-0.1, -0.05) is 13.0 Å². The topological polar surface area (TPSA) is 97.1 Å². The summed E-state index contributed by atoms with van der Waals surface area (Å²) in [5.74, 6) is 1.02. The minimum Gasteiger partial charge on any atom is -0.424 e. The van der Waals surface area contributed by atoms with E-state index in [1.165, 1.54) is 0 Å². The lowest BCUT2D eigenvalue weighted by molar-refractivity contribution is 0.405. The molecule has 0 radical (unpaired) electrons. The first-order chi connectivity index (χ1) is 11.4. The molecule has 0 saturated carbocycles. The Bertz CT molecular complexity index is 811. The van der Waals surface area contributed by atoms with Crippen LogP contribution in [0.25, 0.3) is 0 Å². The summed E-state index contributed by atoms with van der Waals surface area (Å²) in [5.41, 5.74) is 2.64. The summed E-state index contributed by atoms with van der Waals surface area (Å²) in [6.07, 6.45) is 1.07. The van der Waals surface area contributed by atoms with E-state index in [1.54, 1.807) is 0 Å². The number of nitrogens with one attached hydrogen (secondary N) is 2. The third kappa shape index (κ3) is 3.59. The first kappa shape index (κ1) is 16.9. The average Bonchev–Trinajstić information content (AvgIpc) is 3.15. The molecule has 0 amide bonds. The van der Waals surface area contributed by atoms with Gasteiger partial charge < -0.3 is 9.73 Å². The van der Waals surface area contributed by atoms with Crippen LogP contribution < -0.4 is 10.0 Å². The Labute approximate surface area is 141 Å². The van der Waals surface area contributed by atoms with E-state index < -0.39 is 15.3 Å². The van der Waals surface area contributed by atoms with Gasteiger partial charge in [-0.15, -0.1) is 10.2 Å². The molecule has 7 nitrogen and oxygen atoms in total. The third-order valence-electron chi connectivity index (χ3n) is 4.09. The molecule has 0 spiro atoms. The third-order valence-corrected chi connectivity index (χ3v) is 5.85. The number of sulfonamides is 1. The van der Waals surface area contributed by atoms with Crippen LogP contribution in [0.4, 0.5) is 5.69 Å². The zero-order valence-electron chi connectivity index (χ0n) is 14.0. The Balaban J connectivity index is 1.71. The number of aromatic nitrogens is 2. The average molecular weight is 350 g/mol. The maximum Gasteiger partial charge on any atom is 0.236 e. The van der Waals surface area contributed by atoms with Crippen LogP contribution in [0.3, 0.4) is 0 Å². The van der Waals surface area contributed by atoms with E-state index >= 15 is 0 Å². The van der Waals surface area contributed by atoms with Crippen molar-refractivity contribution in [2.24, 2.45) is 0 Å². The lowest BCUT2D eigenvalue weighted by Crippen LogP contribution is -2.29. The van der Waals surface area contributed by atoms with Crippen molar-refractivity contribution in [3.63, 3.8) is 0 Å². The number of hydrogen-bond donors (Lipinski definition) is 2. The summed E-state index contributed by atoms with van der Waals surface area (Å²) in [6.45, 7) is 6.17. The first-order valence-electron chi connectivity index (χ1n) is 8.03. The zero-order chi connectivity index (χ0) is 17.3. The molecule has 2 unspecified atom stereocenters. The van der Waals surface area contributed by atoms with Crippen molar-refractivity contribution < 1.29 is 12.8 Å². The summed E-state index contributed by atoms with van der Waals surface area (Å²) < 4.78 is 33.5. The van der Waals surface area contributed by atoms with Gasteiger partial charge in [-0.3, -0.25) is 4.72 Å². The van der Waals surface area contributed by atoms with Crippen LogP contribution in [0.15, 0.2) is 22.6 Å². The van der Waals surface area contributed by atoms with Crippen LogP contribution in [0.1, 0.15) is 42.3 Å². The fraction of sp³-hybridized carbons (Fsp3) is 0.500. The SMILES string of the molecule is CCc1nnc(C2CC(S(=O)(=O)Nc3cc(C)cc(C)c3)CN2)o1. The molecule has 1 aromatic heterocycles. The Morgan fingerprint density at radius 2 is 1.96 bits per heavy atom. The van der Waals surface area contributed by atoms with E-state index in [-0.39, 0.29) is 6.04 Å². The number of aryl methyl sites for hydroxylation is 3. The Hall–Kier alpha value is -1.93. The zero-order valence-corrected chi connectivity index (χ0v) is 14.9. The molecule has 1 aliphatic heterocycles. The molecular formula is C16H22N4O3S. The number of hydrogen-bond acceptors (Lipinski definition) is 6. The predicted octanol–water partition coefficient (Wildman–Crippen LogP) is 2.09. The van der Waals surface area contributed by atoms with Crippen molar-refractivity contribution in [2.45, 2.75) is 44.9 Å². The van der Waals surface area contributed by atoms with Gasteiger partial charge in [0.05, 0.1) is 11.3 Å². The number of anilines is 1. The molecule has 0 bridgehead atoms. The van der Waals surface area contributed by atoms with Crippen molar-refractivity contribution in [2.75, 3.05) is 11.3 Å². The summed E-state index contributed by atoms with van der Waals surface area (Å²) >= 11 is 0. The minimum absolute atomic E-state index is 0.223. The van der Waals surface area contributed by atoms with Crippen LogP contribution in [0.2, 0.25) is 0 Å². The first-order valence-corrected chi connectivity index (χ1v) is 9.57. The van der Waals surface area contributed by atoms with Crippen molar-refractivity contribution in [1.29, 1.82) is 0 Å². The van der Waals surface area contributed by atoms with Crippen LogP contribution in [-0.2, 0) is 16.4 Å². The Morgan fingerprint density at radius 3 is 2.58 bits per heavy atom. The molecule has 1 aromatic carbocycles. The standard InChI is InChI=1S/C16H22N4O3S/c1-4-15-18-19-16(23-15)14-8-13(9-17-14)24(21,22)20-12-6-10(2)5-11(3)7-12/h5-7,13-14,17,20H,4,8-9H2,1-3H3. The Kier molecular flexibility index (Phi) is 4.60. The summed E-state index contributed by atoms with van der Waals surface area (Å²) in [7, 11) is -3.49. The molecule has 2 atom stereocenters. The lowest BCUT2D eigenvalue weighted by Gasteiger charge is -2.14. The molecule has 8 heteroatoms. The van der Waals surface area contributed by atoms with Crippen LogP contribution >= 0.6 is 0 Å². The molecule has 2 aromatic rings. The van der Waals surface area contributed by atoms with Crippen molar-refractivity contribution in [3.8, 4) is 0 Å². The lowest BCUT2D eigenvalue weighted by atomic mass is 10.1. The molecule has 2 N–H and O–H groups in total. The molecule has 24 heavy (non-hydrogen) atoms. The molecule has 130 valence electrons. The molecule has 0 aliphatic carbocycles. The highest BCUT2D eigenvalue weighted by atomic mass is 32.2. The van der Waals surface area contributed by atoms with Crippen LogP contribution in [0, 0.1) is 13.8 Å². The number of benzene rings is 1.